The molecule has 0 spiro atoms. The lowest BCUT2D eigenvalue weighted by Gasteiger charge is -2.14. The van der Waals surface area contributed by atoms with E-state index in [2.05, 4.69) is 20.9 Å². The number of aromatic nitrogens is 1. The molecule has 2 rings (SSSR count). The van der Waals surface area contributed by atoms with Crippen molar-refractivity contribution in [3.05, 3.63) is 43.1 Å². The van der Waals surface area contributed by atoms with E-state index < -0.39 is 17.3 Å². The lowest BCUT2D eigenvalue weighted by molar-refractivity contribution is -0.141. The van der Waals surface area contributed by atoms with Gasteiger partial charge in [-0.05, 0) is 38.0 Å². The molecule has 0 bridgehead atoms. The van der Waals surface area contributed by atoms with E-state index in [1.807, 2.05) is 0 Å². The van der Waals surface area contributed by atoms with E-state index in [-0.39, 0.29) is 11.1 Å². The summed E-state index contributed by atoms with van der Waals surface area (Å²) in [6.45, 7) is 4.66. The van der Waals surface area contributed by atoms with Gasteiger partial charge in [-0.2, -0.15) is 13.2 Å². The summed E-state index contributed by atoms with van der Waals surface area (Å²) in [7, 11) is 0. The number of rotatable bonds is 0. The fourth-order valence-electron chi connectivity index (χ4n) is 2.16. The van der Waals surface area contributed by atoms with Crippen molar-refractivity contribution < 1.29 is 13.2 Å². The minimum atomic E-state index is -4.56. The maximum absolute atomic E-state index is 12.9. The highest BCUT2D eigenvalue weighted by atomic mass is 79.9. The second kappa shape index (κ2) is 4.37. The Labute approximate surface area is 115 Å². The number of hydrogen-bond acceptors (Lipinski definition) is 1. The maximum atomic E-state index is 12.9. The Hall–Kier alpha value is -1.30. The molecular formula is C13H11BrF3NO. The molecular weight excluding hydrogens is 323 g/mol. The Morgan fingerprint density at radius 1 is 1.16 bits per heavy atom. The predicted octanol–water partition coefficient (Wildman–Crippen LogP) is 4.23. The third-order valence-electron chi connectivity index (χ3n) is 3.17. The summed E-state index contributed by atoms with van der Waals surface area (Å²) in [6.07, 6.45) is -4.56. The highest BCUT2D eigenvalue weighted by molar-refractivity contribution is 9.10. The van der Waals surface area contributed by atoms with Crippen molar-refractivity contribution in [2.45, 2.75) is 26.9 Å². The van der Waals surface area contributed by atoms with E-state index in [9.17, 15) is 18.0 Å². The van der Waals surface area contributed by atoms with E-state index in [0.717, 1.165) is 10.0 Å². The van der Waals surface area contributed by atoms with Crippen molar-refractivity contribution in [3.8, 4) is 0 Å². The maximum Gasteiger partial charge on any atom is 0.431 e. The van der Waals surface area contributed by atoms with E-state index in [1.54, 1.807) is 19.9 Å². The molecule has 1 heterocycles. The lowest BCUT2D eigenvalue weighted by Crippen LogP contribution is -2.19. The molecule has 0 amide bonds. The topological polar surface area (TPSA) is 32.9 Å². The van der Waals surface area contributed by atoms with Gasteiger partial charge >= 0.3 is 6.18 Å². The monoisotopic (exact) mass is 333 g/mol. The van der Waals surface area contributed by atoms with Gasteiger partial charge in [-0.15, -0.1) is 0 Å². The summed E-state index contributed by atoms with van der Waals surface area (Å²) in [5, 5.41) is 0.294. The van der Waals surface area contributed by atoms with Gasteiger partial charge in [-0.1, -0.05) is 15.9 Å². The molecule has 6 heteroatoms. The normalized spacial score (nSPS) is 12.2. The number of aromatic amines is 1. The first-order chi connectivity index (χ1) is 8.64. The van der Waals surface area contributed by atoms with Crippen molar-refractivity contribution in [2.75, 3.05) is 0 Å². The summed E-state index contributed by atoms with van der Waals surface area (Å²) in [4.78, 5) is 14.5. The van der Waals surface area contributed by atoms with Crippen molar-refractivity contribution in [1.82, 2.24) is 4.98 Å². The number of H-pyrrole nitrogens is 1. The average Bonchev–Trinajstić information content (AvgIpc) is 2.29. The molecule has 0 saturated heterocycles. The van der Waals surface area contributed by atoms with Gasteiger partial charge in [-0.25, -0.2) is 0 Å². The number of alkyl halides is 3. The molecule has 2 nitrogen and oxygen atoms in total. The van der Waals surface area contributed by atoms with Crippen LogP contribution < -0.4 is 5.43 Å². The molecule has 0 saturated carbocycles. The van der Waals surface area contributed by atoms with Crippen LogP contribution in [0.2, 0.25) is 0 Å². The molecule has 102 valence electrons. The first-order valence-electron chi connectivity index (χ1n) is 5.54. The Balaban J connectivity index is 3.02. The van der Waals surface area contributed by atoms with Crippen molar-refractivity contribution in [2.24, 2.45) is 0 Å². The third-order valence-corrected chi connectivity index (χ3v) is 4.39. The minimum Gasteiger partial charge on any atom is -0.351 e. The van der Waals surface area contributed by atoms with Crippen LogP contribution in [0.1, 0.15) is 22.4 Å². The zero-order valence-corrected chi connectivity index (χ0v) is 12.1. The Bertz CT molecular complexity index is 731. The molecule has 0 aliphatic heterocycles. The van der Waals surface area contributed by atoms with Gasteiger partial charge in [0.1, 0.15) is 5.69 Å². The zero-order valence-electron chi connectivity index (χ0n) is 10.5. The van der Waals surface area contributed by atoms with Crippen LogP contribution >= 0.6 is 15.9 Å². The Morgan fingerprint density at radius 3 is 2.26 bits per heavy atom. The van der Waals surface area contributed by atoms with Gasteiger partial charge < -0.3 is 4.98 Å². The van der Waals surface area contributed by atoms with Gasteiger partial charge in [0.05, 0.1) is 5.52 Å². The predicted molar refractivity (Wildman–Crippen MR) is 71.5 cm³/mol. The fourth-order valence-corrected chi connectivity index (χ4v) is 2.48. The van der Waals surface area contributed by atoms with Gasteiger partial charge in [0.15, 0.2) is 5.43 Å². The van der Waals surface area contributed by atoms with E-state index in [0.29, 0.717) is 10.9 Å². The van der Waals surface area contributed by atoms with Crippen molar-refractivity contribution in [1.29, 1.82) is 0 Å². The van der Waals surface area contributed by atoms with Crippen LogP contribution in [0.3, 0.4) is 0 Å². The summed E-state index contributed by atoms with van der Waals surface area (Å²) < 4.78 is 39.3. The number of pyridine rings is 1. The van der Waals surface area contributed by atoms with Crippen LogP contribution in [-0.4, -0.2) is 4.98 Å². The molecule has 2 aromatic rings. The second-order valence-electron chi connectivity index (χ2n) is 4.51. The zero-order chi connectivity index (χ0) is 14.5. The molecule has 0 aliphatic rings. The third kappa shape index (κ3) is 2.18. The van der Waals surface area contributed by atoms with Crippen LogP contribution in [-0.2, 0) is 6.18 Å². The van der Waals surface area contributed by atoms with Crippen molar-refractivity contribution in [3.63, 3.8) is 0 Å². The molecule has 1 N–H and O–H groups in total. The average molecular weight is 334 g/mol. The molecule has 0 atom stereocenters. The molecule has 19 heavy (non-hydrogen) atoms. The lowest BCUT2D eigenvalue weighted by atomic mass is 10.0. The first-order valence-corrected chi connectivity index (χ1v) is 6.33. The second-order valence-corrected chi connectivity index (χ2v) is 5.30. The largest absolute Gasteiger partial charge is 0.431 e. The van der Waals surface area contributed by atoms with E-state index in [4.69, 9.17) is 0 Å². The number of nitrogens with one attached hydrogen (secondary N) is 1. The molecule has 1 aromatic heterocycles. The quantitative estimate of drug-likeness (QED) is 0.768. The molecule has 0 radical (unpaired) electrons. The van der Waals surface area contributed by atoms with Crippen LogP contribution in [0.25, 0.3) is 10.9 Å². The van der Waals surface area contributed by atoms with Gasteiger partial charge in [0.2, 0.25) is 0 Å². The molecule has 0 unspecified atom stereocenters. The van der Waals surface area contributed by atoms with E-state index >= 15 is 0 Å². The van der Waals surface area contributed by atoms with Gasteiger partial charge in [0, 0.05) is 15.4 Å². The summed E-state index contributed by atoms with van der Waals surface area (Å²) >= 11 is 3.34. The molecule has 0 aliphatic carbocycles. The van der Waals surface area contributed by atoms with Crippen LogP contribution in [0, 0.1) is 20.8 Å². The Kier molecular flexibility index (Phi) is 3.24. The van der Waals surface area contributed by atoms with Crippen LogP contribution in [0.15, 0.2) is 15.3 Å². The van der Waals surface area contributed by atoms with E-state index in [1.165, 1.54) is 6.92 Å². The number of hydrogen-bond donors (Lipinski definition) is 1. The standard InChI is InChI=1S/C13H11BrF3NO/c1-5-4-8-9(6(2)10(5)14)11(19)7(3)12(18-8)13(15,16)17/h4H,1-3H3,(H,18,19). The number of benzene rings is 1. The van der Waals surface area contributed by atoms with Crippen LogP contribution in [0.5, 0.6) is 0 Å². The van der Waals surface area contributed by atoms with Gasteiger partial charge in [-0.3, -0.25) is 4.79 Å². The van der Waals surface area contributed by atoms with Crippen LogP contribution in [0.4, 0.5) is 13.2 Å². The minimum absolute atomic E-state index is 0.209. The number of halogens is 4. The fraction of sp³-hybridized carbons (Fsp3) is 0.308. The van der Waals surface area contributed by atoms with Gasteiger partial charge in [0.25, 0.3) is 0 Å². The first kappa shape index (κ1) is 14.1. The summed E-state index contributed by atoms with van der Waals surface area (Å²) in [5.41, 5.74) is -0.240. The molecule has 1 aromatic carbocycles. The Morgan fingerprint density at radius 2 is 1.74 bits per heavy atom. The van der Waals surface area contributed by atoms with Crippen molar-refractivity contribution >= 4 is 26.8 Å². The number of fused-ring (bicyclic) bond motifs is 1. The SMILES string of the molecule is Cc1cc2[nH]c(C(F)(F)F)c(C)c(=O)c2c(C)c1Br. The summed E-state index contributed by atoms with van der Waals surface area (Å²) in [5.74, 6) is 0. The smallest absolute Gasteiger partial charge is 0.351 e. The highest BCUT2D eigenvalue weighted by Crippen LogP contribution is 2.32. The molecule has 0 fully saturated rings. The highest BCUT2D eigenvalue weighted by Gasteiger charge is 2.35. The number of aryl methyl sites for hydroxylation is 2. The summed E-state index contributed by atoms with van der Waals surface area (Å²) in [6, 6.07) is 1.54.